The van der Waals surface area contributed by atoms with Crippen LogP contribution in [0.15, 0.2) is 18.2 Å². The Labute approximate surface area is 61.3 Å². The Bertz CT molecular complexity index is 259. The summed E-state index contributed by atoms with van der Waals surface area (Å²) in [4.78, 5) is 0. The van der Waals surface area contributed by atoms with Crippen molar-refractivity contribution in [1.29, 1.82) is 0 Å². The third-order valence-electron chi connectivity index (χ3n) is 1.25. The lowest BCUT2D eigenvalue weighted by Gasteiger charge is -2.04. The molecule has 0 amide bonds. The lowest BCUT2D eigenvalue weighted by Crippen LogP contribution is -2.25. The maximum atomic E-state index is 12.3. The Morgan fingerprint density at radius 3 is 2.73 bits per heavy atom. The molecule has 4 heteroatoms. The summed E-state index contributed by atoms with van der Waals surface area (Å²) < 4.78 is 32.8. The maximum absolute atomic E-state index is 12.3. The molecular formula is C7H3F2O2. The van der Waals surface area contributed by atoms with Crippen molar-refractivity contribution < 1.29 is 18.3 Å². The van der Waals surface area contributed by atoms with Crippen LogP contribution in [0.3, 0.4) is 0 Å². The zero-order chi connectivity index (χ0) is 7.90. The number of rotatable bonds is 0. The number of fused-ring (bicyclic) bond motifs is 1. The molecule has 0 fully saturated rings. The lowest BCUT2D eigenvalue weighted by molar-refractivity contribution is -0.286. The zero-order valence-corrected chi connectivity index (χ0v) is 5.30. The molecule has 2 nitrogen and oxygen atoms in total. The van der Waals surface area contributed by atoms with Crippen LogP contribution < -0.4 is 9.47 Å². The van der Waals surface area contributed by atoms with Crippen molar-refractivity contribution in [2.75, 3.05) is 0 Å². The topological polar surface area (TPSA) is 18.5 Å². The third-order valence-corrected chi connectivity index (χ3v) is 1.25. The van der Waals surface area contributed by atoms with Gasteiger partial charge in [0, 0.05) is 0 Å². The highest BCUT2D eigenvalue weighted by Gasteiger charge is 2.42. The summed E-state index contributed by atoms with van der Waals surface area (Å²) in [6.07, 6.45) is -3.52. The molecule has 0 atom stereocenters. The molecule has 0 unspecified atom stereocenters. The molecule has 0 spiro atoms. The van der Waals surface area contributed by atoms with Crippen molar-refractivity contribution in [1.82, 2.24) is 0 Å². The van der Waals surface area contributed by atoms with E-state index in [9.17, 15) is 8.78 Å². The van der Waals surface area contributed by atoms with Gasteiger partial charge < -0.3 is 9.47 Å². The van der Waals surface area contributed by atoms with E-state index in [4.69, 9.17) is 0 Å². The highest BCUT2D eigenvalue weighted by Crippen LogP contribution is 2.39. The van der Waals surface area contributed by atoms with Crippen LogP contribution >= 0.6 is 0 Å². The minimum absolute atomic E-state index is 0.0255. The van der Waals surface area contributed by atoms with Crippen molar-refractivity contribution in [3.05, 3.63) is 24.3 Å². The van der Waals surface area contributed by atoms with Crippen LogP contribution in [0.25, 0.3) is 0 Å². The summed E-state index contributed by atoms with van der Waals surface area (Å²) in [5, 5.41) is 0. The first-order chi connectivity index (χ1) is 5.17. The Hall–Kier alpha value is -1.32. The van der Waals surface area contributed by atoms with Crippen molar-refractivity contribution >= 4 is 0 Å². The zero-order valence-electron chi connectivity index (χ0n) is 5.30. The van der Waals surface area contributed by atoms with E-state index in [0.717, 1.165) is 0 Å². The first-order valence-electron chi connectivity index (χ1n) is 2.93. The number of hydrogen-bond acceptors (Lipinski definition) is 2. The van der Waals surface area contributed by atoms with Gasteiger partial charge in [-0.3, -0.25) is 0 Å². The Morgan fingerprint density at radius 1 is 1.27 bits per heavy atom. The van der Waals surface area contributed by atoms with Gasteiger partial charge in [-0.2, -0.15) is 0 Å². The maximum Gasteiger partial charge on any atom is 0.586 e. The van der Waals surface area contributed by atoms with Gasteiger partial charge in [0.15, 0.2) is 11.5 Å². The molecule has 2 rings (SSSR count). The molecule has 1 heterocycles. The van der Waals surface area contributed by atoms with Crippen LogP contribution in [0.5, 0.6) is 11.5 Å². The molecule has 0 saturated heterocycles. The van der Waals surface area contributed by atoms with Gasteiger partial charge in [0.2, 0.25) is 0 Å². The second-order valence-corrected chi connectivity index (χ2v) is 2.04. The van der Waals surface area contributed by atoms with Crippen LogP contribution in [0.4, 0.5) is 8.78 Å². The normalized spacial score (nSPS) is 18.4. The Kier molecular flexibility index (Phi) is 1.07. The van der Waals surface area contributed by atoms with E-state index >= 15 is 0 Å². The van der Waals surface area contributed by atoms with Gasteiger partial charge in [0.1, 0.15) is 0 Å². The molecule has 11 heavy (non-hydrogen) atoms. The summed E-state index contributed by atoms with van der Waals surface area (Å²) in [6, 6.07) is 6.74. The fourth-order valence-corrected chi connectivity index (χ4v) is 0.842. The van der Waals surface area contributed by atoms with E-state index in [1.807, 2.05) is 0 Å². The predicted octanol–water partition coefficient (Wildman–Crippen LogP) is 1.81. The van der Waals surface area contributed by atoms with E-state index in [-0.39, 0.29) is 11.5 Å². The summed E-state index contributed by atoms with van der Waals surface area (Å²) in [5.41, 5.74) is 0. The van der Waals surface area contributed by atoms with Gasteiger partial charge >= 0.3 is 6.29 Å². The molecule has 1 aromatic carbocycles. The molecule has 0 aliphatic carbocycles. The third kappa shape index (κ3) is 1.00. The van der Waals surface area contributed by atoms with Crippen LogP contribution in [-0.2, 0) is 0 Å². The van der Waals surface area contributed by atoms with Gasteiger partial charge in [-0.25, -0.2) is 0 Å². The first kappa shape index (κ1) is 6.39. The van der Waals surface area contributed by atoms with E-state index in [1.54, 1.807) is 0 Å². The number of alkyl halides is 2. The van der Waals surface area contributed by atoms with Gasteiger partial charge in [-0.05, 0) is 18.2 Å². The second kappa shape index (κ2) is 1.84. The minimum atomic E-state index is -3.52. The van der Waals surface area contributed by atoms with Crippen molar-refractivity contribution in [3.63, 3.8) is 0 Å². The van der Waals surface area contributed by atoms with Crippen LogP contribution in [0.1, 0.15) is 0 Å². The second-order valence-electron chi connectivity index (χ2n) is 2.04. The van der Waals surface area contributed by atoms with E-state index in [0.29, 0.717) is 0 Å². The van der Waals surface area contributed by atoms with Crippen molar-refractivity contribution in [2.45, 2.75) is 6.29 Å². The van der Waals surface area contributed by atoms with E-state index in [1.165, 1.54) is 18.2 Å². The summed E-state index contributed by atoms with van der Waals surface area (Å²) in [6.45, 7) is 0. The molecule has 0 N–H and O–H groups in total. The average molecular weight is 157 g/mol. The lowest BCUT2D eigenvalue weighted by atomic mass is 10.3. The summed E-state index contributed by atoms with van der Waals surface area (Å²) in [7, 11) is 0. The number of benzene rings is 1. The average Bonchev–Trinajstić information content (AvgIpc) is 2.21. The number of halogens is 2. The number of ether oxygens (including phenoxy) is 2. The first-order valence-corrected chi connectivity index (χ1v) is 2.93. The quantitative estimate of drug-likeness (QED) is 0.571. The predicted molar refractivity (Wildman–Crippen MR) is 31.5 cm³/mol. The Balaban J connectivity index is 2.41. The molecule has 0 saturated carbocycles. The molecular weight excluding hydrogens is 154 g/mol. The molecule has 1 aromatic rings. The van der Waals surface area contributed by atoms with Gasteiger partial charge in [-0.15, -0.1) is 8.78 Å². The standard InChI is InChI=1S/C7H3F2O2/c8-7(9)10-5-3-1-2-4-6(5)11-7/h1,3-4H. The van der Waals surface area contributed by atoms with Gasteiger partial charge in [0.05, 0.1) is 0 Å². The SMILES string of the molecule is FC1(F)Oc2c[c]ccc2O1. The highest BCUT2D eigenvalue weighted by atomic mass is 19.3. The molecule has 1 radical (unpaired) electrons. The monoisotopic (exact) mass is 157 g/mol. The van der Waals surface area contributed by atoms with Crippen LogP contribution in [-0.4, -0.2) is 6.29 Å². The van der Waals surface area contributed by atoms with Crippen LogP contribution in [0, 0.1) is 6.07 Å². The summed E-state index contributed by atoms with van der Waals surface area (Å²) >= 11 is 0. The smallest absolute Gasteiger partial charge is 0.395 e. The van der Waals surface area contributed by atoms with E-state index in [2.05, 4.69) is 15.5 Å². The molecule has 1 aliphatic heterocycles. The van der Waals surface area contributed by atoms with E-state index < -0.39 is 6.29 Å². The Morgan fingerprint density at radius 2 is 2.00 bits per heavy atom. The molecule has 57 valence electrons. The minimum Gasteiger partial charge on any atom is -0.395 e. The molecule has 0 aromatic heterocycles. The van der Waals surface area contributed by atoms with Gasteiger partial charge in [-0.1, -0.05) is 6.07 Å². The largest absolute Gasteiger partial charge is 0.586 e. The molecule has 1 aliphatic rings. The van der Waals surface area contributed by atoms with Crippen molar-refractivity contribution in [3.8, 4) is 11.5 Å². The fraction of sp³-hybridized carbons (Fsp3) is 0.143. The number of hydrogen-bond donors (Lipinski definition) is 0. The van der Waals surface area contributed by atoms with Gasteiger partial charge in [0.25, 0.3) is 0 Å². The van der Waals surface area contributed by atoms with Crippen LogP contribution in [0.2, 0.25) is 0 Å². The van der Waals surface area contributed by atoms with Crippen molar-refractivity contribution in [2.24, 2.45) is 0 Å². The molecule has 0 bridgehead atoms. The summed E-state index contributed by atoms with van der Waals surface area (Å²) in [5.74, 6) is 0.0752. The fourth-order valence-electron chi connectivity index (χ4n) is 0.842. The highest BCUT2D eigenvalue weighted by molar-refractivity contribution is 5.41.